The number of nitrogens with zero attached hydrogens (tertiary/aromatic N) is 2. The largest absolute Gasteiger partial charge is 0.337 e. The molecule has 1 aromatic heterocycles. The van der Waals surface area contributed by atoms with Crippen LogP contribution < -0.4 is 5.73 Å². The van der Waals surface area contributed by atoms with Crippen LogP contribution in [0, 0.1) is 0 Å². The molecule has 0 unspecified atom stereocenters. The van der Waals surface area contributed by atoms with E-state index in [-0.39, 0.29) is 5.91 Å². The summed E-state index contributed by atoms with van der Waals surface area (Å²) in [7, 11) is 0. The van der Waals surface area contributed by atoms with Crippen molar-refractivity contribution in [3.63, 3.8) is 0 Å². The summed E-state index contributed by atoms with van der Waals surface area (Å²) in [5.41, 5.74) is 9.88. The summed E-state index contributed by atoms with van der Waals surface area (Å²) in [6, 6.07) is 18.5. The molecule has 5 heteroatoms. The van der Waals surface area contributed by atoms with Gasteiger partial charge in [0.1, 0.15) is 10.7 Å². The van der Waals surface area contributed by atoms with Gasteiger partial charge in [-0.25, -0.2) is 4.98 Å². The van der Waals surface area contributed by atoms with E-state index in [0.29, 0.717) is 18.2 Å². The van der Waals surface area contributed by atoms with E-state index in [1.54, 1.807) is 0 Å². The highest BCUT2D eigenvalue weighted by Gasteiger charge is 2.26. The number of nitrogens with two attached hydrogens (primary N) is 1. The average Bonchev–Trinajstić information content (AvgIpc) is 3.24. The number of rotatable bonds is 4. The summed E-state index contributed by atoms with van der Waals surface area (Å²) in [6.07, 6.45) is 1.96. The van der Waals surface area contributed by atoms with Crippen LogP contribution in [-0.4, -0.2) is 28.9 Å². The van der Waals surface area contributed by atoms with E-state index < -0.39 is 0 Å². The third kappa shape index (κ3) is 3.94. The predicted octanol–water partition coefficient (Wildman–Crippen LogP) is 4.29. The summed E-state index contributed by atoms with van der Waals surface area (Å²) < 4.78 is 0. The van der Waals surface area contributed by atoms with Crippen LogP contribution in [0.4, 0.5) is 0 Å². The second-order valence-corrected chi connectivity index (χ2v) is 7.78. The normalized spacial score (nSPS) is 15.1. The highest BCUT2D eigenvalue weighted by Crippen LogP contribution is 2.30. The molecule has 1 amide bonds. The lowest BCUT2D eigenvalue weighted by atomic mass is 9.88. The Bertz CT molecular complexity index is 914. The van der Waals surface area contributed by atoms with Crippen LogP contribution in [0.2, 0.25) is 0 Å². The fourth-order valence-corrected chi connectivity index (χ4v) is 4.44. The van der Waals surface area contributed by atoms with E-state index in [9.17, 15) is 4.79 Å². The van der Waals surface area contributed by atoms with Gasteiger partial charge < -0.3 is 10.6 Å². The van der Waals surface area contributed by atoms with E-state index in [1.807, 2.05) is 40.6 Å². The number of hydrogen-bond acceptors (Lipinski definition) is 4. The molecule has 27 heavy (non-hydrogen) atoms. The monoisotopic (exact) mass is 377 g/mol. The first kappa shape index (κ1) is 17.9. The fourth-order valence-electron chi connectivity index (χ4n) is 3.64. The number of aromatic nitrogens is 1. The molecular formula is C22H23N3OS. The highest BCUT2D eigenvalue weighted by atomic mass is 32.1. The second-order valence-electron chi connectivity index (χ2n) is 6.92. The van der Waals surface area contributed by atoms with Gasteiger partial charge in [-0.1, -0.05) is 54.6 Å². The molecule has 2 N–H and O–H groups in total. The summed E-state index contributed by atoms with van der Waals surface area (Å²) in [4.78, 5) is 19.3. The lowest BCUT2D eigenvalue weighted by Gasteiger charge is -2.32. The summed E-state index contributed by atoms with van der Waals surface area (Å²) >= 11 is 1.53. The molecule has 0 bridgehead atoms. The minimum atomic E-state index is 0.0441. The Hall–Kier alpha value is -2.50. The minimum Gasteiger partial charge on any atom is -0.337 e. The summed E-state index contributed by atoms with van der Waals surface area (Å²) in [5.74, 6) is 0.540. The molecule has 0 atom stereocenters. The highest BCUT2D eigenvalue weighted by molar-refractivity contribution is 7.13. The predicted molar refractivity (Wildman–Crippen MR) is 110 cm³/mol. The molecule has 4 nitrogen and oxygen atoms in total. The molecule has 0 aliphatic carbocycles. The molecule has 138 valence electrons. The zero-order valence-corrected chi connectivity index (χ0v) is 16.0. The van der Waals surface area contributed by atoms with Crippen molar-refractivity contribution in [2.45, 2.75) is 25.3 Å². The Morgan fingerprint density at radius 3 is 2.63 bits per heavy atom. The van der Waals surface area contributed by atoms with Crippen molar-refractivity contribution in [2.75, 3.05) is 13.1 Å². The van der Waals surface area contributed by atoms with Gasteiger partial charge in [-0.05, 0) is 29.9 Å². The Labute approximate surface area is 163 Å². The summed E-state index contributed by atoms with van der Waals surface area (Å²) in [5, 5.41) is 2.77. The zero-order valence-electron chi connectivity index (χ0n) is 15.2. The molecule has 3 aromatic rings. The molecule has 0 spiro atoms. The van der Waals surface area contributed by atoms with Crippen LogP contribution >= 0.6 is 11.3 Å². The smallest absolute Gasteiger partial charge is 0.273 e. The van der Waals surface area contributed by atoms with Crippen molar-refractivity contribution < 1.29 is 4.79 Å². The van der Waals surface area contributed by atoms with E-state index in [2.05, 4.69) is 29.2 Å². The Morgan fingerprint density at radius 2 is 1.89 bits per heavy atom. The maximum Gasteiger partial charge on any atom is 0.273 e. The van der Waals surface area contributed by atoms with Gasteiger partial charge in [0.25, 0.3) is 5.91 Å². The van der Waals surface area contributed by atoms with Crippen molar-refractivity contribution in [1.29, 1.82) is 0 Å². The Balaban J connectivity index is 1.41. The first-order chi connectivity index (χ1) is 13.2. The van der Waals surface area contributed by atoms with Crippen LogP contribution in [0.15, 0.2) is 60.0 Å². The lowest BCUT2D eigenvalue weighted by molar-refractivity contribution is 0.0708. The lowest BCUT2D eigenvalue weighted by Crippen LogP contribution is -2.38. The van der Waals surface area contributed by atoms with Crippen molar-refractivity contribution >= 4 is 17.2 Å². The third-order valence-electron chi connectivity index (χ3n) is 5.18. The van der Waals surface area contributed by atoms with Crippen LogP contribution in [-0.2, 0) is 6.54 Å². The molecular weight excluding hydrogens is 354 g/mol. The molecule has 1 aliphatic heterocycles. The number of piperidine rings is 1. The van der Waals surface area contributed by atoms with Gasteiger partial charge in [0.05, 0.1) is 0 Å². The minimum absolute atomic E-state index is 0.0441. The number of carbonyl (C=O) groups is 1. The van der Waals surface area contributed by atoms with Crippen LogP contribution in [0.25, 0.3) is 10.6 Å². The molecule has 1 saturated heterocycles. The van der Waals surface area contributed by atoms with E-state index in [0.717, 1.165) is 36.5 Å². The second kappa shape index (κ2) is 8.03. The number of thiazole rings is 1. The maximum absolute atomic E-state index is 12.8. The molecule has 0 radical (unpaired) electrons. The van der Waals surface area contributed by atoms with Crippen molar-refractivity contribution in [1.82, 2.24) is 9.88 Å². The molecule has 4 rings (SSSR count). The number of benzene rings is 2. The van der Waals surface area contributed by atoms with Gasteiger partial charge in [0.2, 0.25) is 0 Å². The fraction of sp³-hybridized carbons (Fsp3) is 0.273. The Kier molecular flexibility index (Phi) is 5.32. The number of amides is 1. The van der Waals surface area contributed by atoms with Crippen molar-refractivity contribution in [3.8, 4) is 10.6 Å². The van der Waals surface area contributed by atoms with E-state index in [1.165, 1.54) is 22.5 Å². The SMILES string of the molecule is NCc1cccc(C2CCN(C(=O)c3csc(-c4ccccc4)n3)CC2)c1. The van der Waals surface area contributed by atoms with Crippen LogP contribution in [0.5, 0.6) is 0 Å². The zero-order chi connectivity index (χ0) is 18.6. The first-order valence-corrected chi connectivity index (χ1v) is 10.2. The van der Waals surface area contributed by atoms with Gasteiger partial charge in [-0.3, -0.25) is 4.79 Å². The van der Waals surface area contributed by atoms with Crippen molar-refractivity contribution in [2.24, 2.45) is 5.73 Å². The van der Waals surface area contributed by atoms with Gasteiger partial charge in [0.15, 0.2) is 0 Å². The topological polar surface area (TPSA) is 59.2 Å². The van der Waals surface area contributed by atoms with Gasteiger partial charge in [0, 0.05) is 30.6 Å². The van der Waals surface area contributed by atoms with E-state index in [4.69, 9.17) is 5.73 Å². The van der Waals surface area contributed by atoms with Gasteiger partial charge in [-0.15, -0.1) is 11.3 Å². The molecule has 2 aromatic carbocycles. The molecule has 2 heterocycles. The van der Waals surface area contributed by atoms with Crippen molar-refractivity contribution in [3.05, 3.63) is 76.8 Å². The first-order valence-electron chi connectivity index (χ1n) is 9.33. The quantitative estimate of drug-likeness (QED) is 0.738. The summed E-state index contributed by atoms with van der Waals surface area (Å²) in [6.45, 7) is 2.11. The standard InChI is InChI=1S/C22H23N3OS/c23-14-16-5-4-8-19(13-16)17-9-11-25(12-10-17)22(26)20-15-27-21(24-20)18-6-2-1-3-7-18/h1-8,13,15,17H,9-12,14,23H2. The van der Waals surface area contributed by atoms with Gasteiger partial charge >= 0.3 is 0 Å². The number of likely N-dealkylation sites (tertiary alicyclic amines) is 1. The molecule has 0 saturated carbocycles. The Morgan fingerprint density at radius 1 is 1.11 bits per heavy atom. The maximum atomic E-state index is 12.8. The molecule has 1 aliphatic rings. The number of hydrogen-bond donors (Lipinski definition) is 1. The number of carbonyl (C=O) groups excluding carboxylic acids is 1. The van der Waals surface area contributed by atoms with Crippen LogP contribution in [0.1, 0.15) is 40.4 Å². The van der Waals surface area contributed by atoms with Gasteiger partial charge in [-0.2, -0.15) is 0 Å². The van der Waals surface area contributed by atoms with E-state index >= 15 is 0 Å². The van der Waals surface area contributed by atoms with Crippen LogP contribution in [0.3, 0.4) is 0 Å². The average molecular weight is 378 g/mol. The third-order valence-corrected chi connectivity index (χ3v) is 6.08. The molecule has 1 fully saturated rings.